The molecular formula is C27H16N4O8. The van der Waals surface area contributed by atoms with E-state index in [0.717, 1.165) is 18.2 Å². The summed E-state index contributed by atoms with van der Waals surface area (Å²) in [6, 6.07) is 20.7. The number of non-ortho nitro benzene ring substituents is 2. The van der Waals surface area contributed by atoms with Gasteiger partial charge >= 0.3 is 5.97 Å². The van der Waals surface area contributed by atoms with Gasteiger partial charge < -0.3 is 14.3 Å². The lowest BCUT2D eigenvalue weighted by Crippen LogP contribution is -2.10. The first kappa shape index (κ1) is 24.8. The first-order chi connectivity index (χ1) is 18.8. The first-order valence-electron chi connectivity index (χ1n) is 11.3. The predicted molar refractivity (Wildman–Crippen MR) is 140 cm³/mol. The SMILES string of the molecule is O=C(Oc1cccc(C=Nc2ccc(O)c(-c3nc4ccccc4o3)c2)c1)c1cc([N+](=O)[O-])cc([N+](=O)[O-])c1. The molecule has 0 saturated heterocycles. The zero-order valence-corrected chi connectivity index (χ0v) is 19.8. The van der Waals surface area contributed by atoms with Crippen LogP contribution in [-0.2, 0) is 0 Å². The number of hydrogen-bond acceptors (Lipinski definition) is 10. The number of oxazole rings is 1. The number of rotatable bonds is 7. The van der Waals surface area contributed by atoms with E-state index in [1.54, 1.807) is 36.4 Å². The molecule has 0 atom stereocenters. The Morgan fingerprint density at radius 3 is 2.38 bits per heavy atom. The topological polar surface area (TPSA) is 171 Å². The summed E-state index contributed by atoms with van der Waals surface area (Å²) in [7, 11) is 0. The van der Waals surface area contributed by atoms with Gasteiger partial charge in [0.25, 0.3) is 11.4 Å². The number of ether oxygens (including phenoxy) is 1. The smallest absolute Gasteiger partial charge is 0.344 e. The molecule has 0 fully saturated rings. The maximum atomic E-state index is 12.6. The van der Waals surface area contributed by atoms with Gasteiger partial charge in [-0.3, -0.25) is 25.2 Å². The second kappa shape index (κ2) is 10.2. The third kappa shape index (κ3) is 5.44. The van der Waals surface area contributed by atoms with Crippen LogP contribution in [0.3, 0.4) is 0 Å². The van der Waals surface area contributed by atoms with Gasteiger partial charge in [-0.05, 0) is 48.0 Å². The molecule has 0 amide bonds. The van der Waals surface area contributed by atoms with Gasteiger partial charge in [-0.15, -0.1) is 0 Å². The van der Waals surface area contributed by atoms with Crippen molar-refractivity contribution in [1.82, 2.24) is 4.98 Å². The Bertz CT molecular complexity index is 1730. The molecule has 12 heteroatoms. The van der Waals surface area contributed by atoms with Crippen LogP contribution >= 0.6 is 0 Å². The fraction of sp³-hybridized carbons (Fsp3) is 0. The molecule has 5 aromatic rings. The zero-order valence-electron chi connectivity index (χ0n) is 19.8. The van der Waals surface area contributed by atoms with Gasteiger partial charge in [0.15, 0.2) is 5.58 Å². The summed E-state index contributed by atoms with van der Waals surface area (Å²) < 4.78 is 11.0. The van der Waals surface area contributed by atoms with Crippen molar-refractivity contribution >= 4 is 40.3 Å². The number of aliphatic imine (C=N–C) groups is 1. The molecule has 39 heavy (non-hydrogen) atoms. The zero-order chi connectivity index (χ0) is 27.5. The van der Waals surface area contributed by atoms with Crippen molar-refractivity contribution in [3.05, 3.63) is 116 Å². The van der Waals surface area contributed by atoms with Gasteiger partial charge in [0.05, 0.1) is 32.7 Å². The van der Waals surface area contributed by atoms with Crippen molar-refractivity contribution in [2.75, 3.05) is 0 Å². The Labute approximate surface area is 218 Å². The molecule has 0 unspecified atom stereocenters. The molecule has 0 aliphatic rings. The molecule has 0 bridgehead atoms. The number of para-hydroxylation sites is 2. The second-order valence-corrected chi connectivity index (χ2v) is 8.16. The van der Waals surface area contributed by atoms with E-state index in [1.807, 2.05) is 12.1 Å². The highest BCUT2D eigenvalue weighted by Crippen LogP contribution is 2.34. The van der Waals surface area contributed by atoms with Crippen molar-refractivity contribution in [2.24, 2.45) is 4.99 Å². The number of carbonyl (C=O) groups is 1. The van der Waals surface area contributed by atoms with Crippen LogP contribution in [0, 0.1) is 20.2 Å². The summed E-state index contributed by atoms with van der Waals surface area (Å²) in [6.45, 7) is 0. The number of hydrogen-bond donors (Lipinski definition) is 1. The number of nitro benzene ring substituents is 2. The lowest BCUT2D eigenvalue weighted by atomic mass is 10.1. The number of phenols is 1. The quantitative estimate of drug-likeness (QED) is 0.0883. The Morgan fingerprint density at radius 2 is 1.67 bits per heavy atom. The molecule has 5 rings (SSSR count). The van der Waals surface area contributed by atoms with E-state index >= 15 is 0 Å². The molecule has 0 aliphatic heterocycles. The number of fused-ring (bicyclic) bond motifs is 1. The van der Waals surface area contributed by atoms with E-state index in [1.165, 1.54) is 24.4 Å². The van der Waals surface area contributed by atoms with E-state index in [0.29, 0.717) is 27.9 Å². The summed E-state index contributed by atoms with van der Waals surface area (Å²) >= 11 is 0. The number of aromatic nitrogens is 1. The van der Waals surface area contributed by atoms with E-state index in [2.05, 4.69) is 9.98 Å². The van der Waals surface area contributed by atoms with E-state index in [-0.39, 0.29) is 23.0 Å². The molecule has 0 saturated carbocycles. The molecule has 1 heterocycles. The van der Waals surface area contributed by atoms with Crippen LogP contribution in [0.25, 0.3) is 22.6 Å². The van der Waals surface area contributed by atoms with Gasteiger partial charge in [0, 0.05) is 18.3 Å². The number of phenolic OH excluding ortho intramolecular Hbond substituents is 1. The fourth-order valence-corrected chi connectivity index (χ4v) is 3.66. The number of carbonyl (C=O) groups excluding carboxylic acids is 1. The number of esters is 1. The van der Waals surface area contributed by atoms with E-state index in [4.69, 9.17) is 9.15 Å². The third-order valence-electron chi connectivity index (χ3n) is 5.50. The van der Waals surface area contributed by atoms with Crippen LogP contribution in [0.15, 0.2) is 94.3 Å². The standard InChI is InChI=1S/C27H16N4O8/c32-24-9-8-18(13-22(24)26-29-23-6-1-2-7-25(23)39-26)28-15-16-4-3-5-21(10-16)38-27(33)17-11-19(30(34)35)14-20(12-17)31(36)37/h1-15,32H. The molecule has 192 valence electrons. The Morgan fingerprint density at radius 1 is 0.923 bits per heavy atom. The van der Waals surface area contributed by atoms with Gasteiger partial charge in [0.1, 0.15) is 17.0 Å². The highest BCUT2D eigenvalue weighted by Gasteiger charge is 2.21. The van der Waals surface area contributed by atoms with E-state index in [9.17, 15) is 30.1 Å². The Kier molecular flexibility index (Phi) is 6.49. The van der Waals surface area contributed by atoms with Crippen LogP contribution in [-0.4, -0.2) is 32.1 Å². The fourth-order valence-electron chi connectivity index (χ4n) is 3.66. The normalized spacial score (nSPS) is 11.1. The number of nitrogens with zero attached hydrogens (tertiary/aromatic N) is 4. The lowest BCUT2D eigenvalue weighted by Gasteiger charge is -2.05. The molecule has 0 radical (unpaired) electrons. The van der Waals surface area contributed by atoms with Gasteiger partial charge in [0.2, 0.25) is 5.89 Å². The second-order valence-electron chi connectivity index (χ2n) is 8.16. The van der Waals surface area contributed by atoms with E-state index < -0.39 is 27.2 Å². The monoisotopic (exact) mass is 524 g/mol. The number of nitro groups is 2. The highest BCUT2D eigenvalue weighted by molar-refractivity contribution is 5.93. The van der Waals surface area contributed by atoms with Crippen LogP contribution < -0.4 is 4.74 Å². The number of benzene rings is 4. The van der Waals surface area contributed by atoms with Crippen LogP contribution in [0.1, 0.15) is 15.9 Å². The first-order valence-corrected chi connectivity index (χ1v) is 11.3. The maximum Gasteiger partial charge on any atom is 0.344 e. The average Bonchev–Trinajstić information content (AvgIpc) is 3.36. The molecule has 12 nitrogen and oxygen atoms in total. The Balaban J connectivity index is 1.36. The van der Waals surface area contributed by atoms with Crippen molar-refractivity contribution in [3.63, 3.8) is 0 Å². The molecule has 1 aromatic heterocycles. The molecule has 4 aromatic carbocycles. The molecule has 1 N–H and O–H groups in total. The predicted octanol–water partition coefficient (Wildman–Crippen LogP) is 5.99. The minimum Gasteiger partial charge on any atom is -0.507 e. The van der Waals surface area contributed by atoms with Crippen LogP contribution in [0.4, 0.5) is 17.1 Å². The summed E-state index contributed by atoms with van der Waals surface area (Å²) in [6.07, 6.45) is 1.50. The van der Waals surface area contributed by atoms with Crippen molar-refractivity contribution < 1.29 is 28.9 Å². The minimum absolute atomic E-state index is 0.0317. The Hall–Kier alpha value is -5.91. The van der Waals surface area contributed by atoms with Crippen LogP contribution in [0.5, 0.6) is 11.5 Å². The van der Waals surface area contributed by atoms with Crippen molar-refractivity contribution in [1.29, 1.82) is 0 Å². The highest BCUT2D eigenvalue weighted by atomic mass is 16.6. The molecule has 0 spiro atoms. The minimum atomic E-state index is -1.00. The van der Waals surface area contributed by atoms with Gasteiger partial charge in [-0.2, -0.15) is 0 Å². The van der Waals surface area contributed by atoms with Crippen molar-refractivity contribution in [2.45, 2.75) is 0 Å². The van der Waals surface area contributed by atoms with Gasteiger partial charge in [-0.1, -0.05) is 24.3 Å². The average molecular weight is 524 g/mol. The lowest BCUT2D eigenvalue weighted by molar-refractivity contribution is -0.394. The summed E-state index contributed by atoms with van der Waals surface area (Å²) in [5, 5.41) is 32.5. The summed E-state index contributed by atoms with van der Waals surface area (Å²) in [5.74, 6) is -0.703. The molecular weight excluding hydrogens is 508 g/mol. The summed E-state index contributed by atoms with van der Waals surface area (Å²) in [5.41, 5.74) is 1.04. The maximum absolute atomic E-state index is 12.6. The largest absolute Gasteiger partial charge is 0.507 e. The third-order valence-corrected chi connectivity index (χ3v) is 5.50. The summed E-state index contributed by atoms with van der Waals surface area (Å²) in [4.78, 5) is 41.9. The van der Waals surface area contributed by atoms with Crippen molar-refractivity contribution in [3.8, 4) is 23.0 Å². The number of aromatic hydroxyl groups is 1. The van der Waals surface area contributed by atoms with Crippen LogP contribution in [0.2, 0.25) is 0 Å². The molecule has 0 aliphatic carbocycles. The van der Waals surface area contributed by atoms with Gasteiger partial charge in [-0.25, -0.2) is 9.78 Å².